The highest BCUT2D eigenvalue weighted by Gasteiger charge is 2.06. The van der Waals surface area contributed by atoms with Crippen molar-refractivity contribution in [2.24, 2.45) is 5.73 Å². The van der Waals surface area contributed by atoms with E-state index in [1.807, 2.05) is 23.6 Å². The summed E-state index contributed by atoms with van der Waals surface area (Å²) in [5.74, 6) is 5.64. The van der Waals surface area contributed by atoms with E-state index in [9.17, 15) is 4.79 Å². The van der Waals surface area contributed by atoms with E-state index in [-0.39, 0.29) is 0 Å². The molecule has 0 bridgehead atoms. The number of nitrogens with two attached hydrogens (primary N) is 1. The standard InChI is InChI=1S/C16H15NOS/c1-2-3-12-4-6-13(7-5-12)8-9-14-10-11-19-15(14)16(17)18/h4-7,10-11H,2-3H2,1H3,(H2,17,18). The average Bonchev–Trinajstić information content (AvgIpc) is 2.87. The van der Waals surface area contributed by atoms with E-state index in [1.165, 1.54) is 16.9 Å². The number of hydrogen-bond donors (Lipinski definition) is 1. The van der Waals surface area contributed by atoms with Gasteiger partial charge in [0.1, 0.15) is 4.88 Å². The van der Waals surface area contributed by atoms with Crippen LogP contribution in [0.1, 0.15) is 39.7 Å². The molecule has 2 rings (SSSR count). The Balaban J connectivity index is 2.19. The molecule has 2 nitrogen and oxygen atoms in total. The molecule has 0 spiro atoms. The van der Waals surface area contributed by atoms with Crippen LogP contribution in [-0.4, -0.2) is 5.91 Å². The van der Waals surface area contributed by atoms with Crippen LogP contribution in [-0.2, 0) is 6.42 Å². The maximum absolute atomic E-state index is 11.2. The first kappa shape index (κ1) is 13.4. The molecule has 0 unspecified atom stereocenters. The Kier molecular flexibility index (Phi) is 4.38. The second-order valence-corrected chi connectivity index (χ2v) is 5.14. The minimum atomic E-state index is -0.419. The van der Waals surface area contributed by atoms with Gasteiger partial charge in [-0.25, -0.2) is 0 Å². The van der Waals surface area contributed by atoms with E-state index < -0.39 is 5.91 Å². The topological polar surface area (TPSA) is 43.1 Å². The molecule has 1 aromatic heterocycles. The summed E-state index contributed by atoms with van der Waals surface area (Å²) in [6.07, 6.45) is 2.23. The highest BCUT2D eigenvalue weighted by atomic mass is 32.1. The maximum Gasteiger partial charge on any atom is 0.260 e. The Bertz CT molecular complexity index is 629. The van der Waals surface area contributed by atoms with Crippen molar-refractivity contribution in [1.82, 2.24) is 0 Å². The second-order valence-electron chi connectivity index (χ2n) is 4.22. The fraction of sp³-hybridized carbons (Fsp3) is 0.188. The van der Waals surface area contributed by atoms with Gasteiger partial charge in [-0.3, -0.25) is 4.79 Å². The number of carbonyl (C=O) groups is 1. The minimum absolute atomic E-state index is 0.419. The molecule has 0 atom stereocenters. The Morgan fingerprint density at radius 3 is 2.58 bits per heavy atom. The monoisotopic (exact) mass is 269 g/mol. The lowest BCUT2D eigenvalue weighted by molar-refractivity contribution is 0.100. The molecule has 1 heterocycles. The SMILES string of the molecule is CCCc1ccc(C#Cc2ccsc2C(N)=O)cc1. The molecule has 0 aliphatic heterocycles. The number of thiophene rings is 1. The number of aryl methyl sites for hydroxylation is 1. The number of primary amides is 1. The highest BCUT2D eigenvalue weighted by molar-refractivity contribution is 7.12. The lowest BCUT2D eigenvalue weighted by atomic mass is 10.1. The van der Waals surface area contributed by atoms with Gasteiger partial charge in [0.05, 0.1) is 0 Å². The van der Waals surface area contributed by atoms with Crippen molar-refractivity contribution in [2.75, 3.05) is 0 Å². The average molecular weight is 269 g/mol. The largest absolute Gasteiger partial charge is 0.365 e. The van der Waals surface area contributed by atoms with Gasteiger partial charge in [-0.15, -0.1) is 11.3 Å². The molecular formula is C16H15NOS. The van der Waals surface area contributed by atoms with Crippen molar-refractivity contribution in [2.45, 2.75) is 19.8 Å². The number of hydrogen-bond acceptors (Lipinski definition) is 2. The van der Waals surface area contributed by atoms with Crippen molar-refractivity contribution in [3.63, 3.8) is 0 Å². The second kappa shape index (κ2) is 6.21. The van der Waals surface area contributed by atoms with Crippen LogP contribution in [0, 0.1) is 11.8 Å². The van der Waals surface area contributed by atoms with Gasteiger partial charge in [0.2, 0.25) is 0 Å². The number of amides is 1. The third-order valence-electron chi connectivity index (χ3n) is 2.72. The number of rotatable bonds is 3. The Labute approximate surface area is 117 Å². The number of carbonyl (C=O) groups excluding carboxylic acids is 1. The zero-order valence-electron chi connectivity index (χ0n) is 10.8. The third-order valence-corrected chi connectivity index (χ3v) is 3.65. The Hall–Kier alpha value is -2.05. The van der Waals surface area contributed by atoms with Crippen molar-refractivity contribution in [3.05, 3.63) is 57.3 Å². The van der Waals surface area contributed by atoms with Gasteiger partial charge in [-0.1, -0.05) is 37.3 Å². The van der Waals surface area contributed by atoms with E-state index in [2.05, 4.69) is 30.9 Å². The lowest BCUT2D eigenvalue weighted by Gasteiger charge is -1.97. The fourth-order valence-electron chi connectivity index (χ4n) is 1.78. The smallest absolute Gasteiger partial charge is 0.260 e. The molecule has 0 fully saturated rings. The molecule has 2 aromatic rings. The number of benzene rings is 1. The van der Waals surface area contributed by atoms with E-state index in [0.29, 0.717) is 10.4 Å². The summed E-state index contributed by atoms with van der Waals surface area (Å²) >= 11 is 1.32. The normalized spacial score (nSPS) is 9.74. The summed E-state index contributed by atoms with van der Waals surface area (Å²) in [4.78, 5) is 11.7. The molecule has 3 heteroatoms. The van der Waals surface area contributed by atoms with Crippen LogP contribution in [0.3, 0.4) is 0 Å². The van der Waals surface area contributed by atoms with Crippen molar-refractivity contribution < 1.29 is 4.79 Å². The Morgan fingerprint density at radius 2 is 1.95 bits per heavy atom. The van der Waals surface area contributed by atoms with E-state index in [4.69, 9.17) is 5.73 Å². The minimum Gasteiger partial charge on any atom is -0.365 e. The first-order chi connectivity index (χ1) is 9.20. The van der Waals surface area contributed by atoms with Crippen LogP contribution in [0.2, 0.25) is 0 Å². The van der Waals surface area contributed by atoms with Gasteiger partial charge in [0.15, 0.2) is 0 Å². The van der Waals surface area contributed by atoms with E-state index in [0.717, 1.165) is 18.4 Å². The molecule has 96 valence electrons. The van der Waals surface area contributed by atoms with Crippen LogP contribution in [0.4, 0.5) is 0 Å². The summed E-state index contributed by atoms with van der Waals surface area (Å²) in [7, 11) is 0. The highest BCUT2D eigenvalue weighted by Crippen LogP contribution is 2.15. The third kappa shape index (κ3) is 3.46. The summed E-state index contributed by atoms with van der Waals surface area (Å²) in [5, 5.41) is 1.83. The quantitative estimate of drug-likeness (QED) is 0.854. The summed E-state index contributed by atoms with van der Waals surface area (Å²) in [6.45, 7) is 2.16. The van der Waals surface area contributed by atoms with Gasteiger partial charge in [-0.05, 0) is 35.6 Å². The molecule has 1 amide bonds. The van der Waals surface area contributed by atoms with Gasteiger partial charge in [0.25, 0.3) is 5.91 Å². The predicted octanol–water partition coefficient (Wildman–Crippen LogP) is 3.20. The molecule has 0 aliphatic carbocycles. The van der Waals surface area contributed by atoms with Crippen LogP contribution >= 0.6 is 11.3 Å². The van der Waals surface area contributed by atoms with Crippen molar-refractivity contribution in [1.29, 1.82) is 0 Å². The molecular weight excluding hydrogens is 254 g/mol. The lowest BCUT2D eigenvalue weighted by Crippen LogP contribution is -2.10. The Morgan fingerprint density at radius 1 is 1.21 bits per heavy atom. The first-order valence-electron chi connectivity index (χ1n) is 6.19. The molecule has 2 N–H and O–H groups in total. The van der Waals surface area contributed by atoms with Gasteiger partial charge in [-0.2, -0.15) is 0 Å². The van der Waals surface area contributed by atoms with Crippen LogP contribution in [0.15, 0.2) is 35.7 Å². The zero-order chi connectivity index (χ0) is 13.7. The molecule has 0 saturated carbocycles. The van der Waals surface area contributed by atoms with Crippen LogP contribution < -0.4 is 5.73 Å². The van der Waals surface area contributed by atoms with Crippen LogP contribution in [0.25, 0.3) is 0 Å². The first-order valence-corrected chi connectivity index (χ1v) is 7.07. The van der Waals surface area contributed by atoms with Gasteiger partial charge in [0, 0.05) is 11.1 Å². The summed E-state index contributed by atoms with van der Waals surface area (Å²) in [6, 6.07) is 10.0. The fourth-order valence-corrected chi connectivity index (χ4v) is 2.48. The van der Waals surface area contributed by atoms with Crippen molar-refractivity contribution >= 4 is 17.2 Å². The maximum atomic E-state index is 11.2. The van der Waals surface area contributed by atoms with E-state index in [1.54, 1.807) is 0 Å². The summed E-state index contributed by atoms with van der Waals surface area (Å²) < 4.78 is 0. The molecule has 19 heavy (non-hydrogen) atoms. The molecule has 0 aliphatic rings. The molecule has 1 aromatic carbocycles. The molecule has 0 radical (unpaired) electrons. The van der Waals surface area contributed by atoms with Crippen molar-refractivity contribution in [3.8, 4) is 11.8 Å². The summed E-state index contributed by atoms with van der Waals surface area (Å²) in [5.41, 5.74) is 8.26. The molecule has 0 saturated heterocycles. The van der Waals surface area contributed by atoms with E-state index >= 15 is 0 Å². The van der Waals surface area contributed by atoms with Gasteiger partial charge >= 0.3 is 0 Å². The van der Waals surface area contributed by atoms with Gasteiger partial charge < -0.3 is 5.73 Å². The zero-order valence-corrected chi connectivity index (χ0v) is 11.6. The predicted molar refractivity (Wildman–Crippen MR) is 79.3 cm³/mol. The van der Waals surface area contributed by atoms with Crippen LogP contribution in [0.5, 0.6) is 0 Å².